The predicted molar refractivity (Wildman–Crippen MR) is 110 cm³/mol. The van der Waals surface area contributed by atoms with E-state index in [1.807, 2.05) is 0 Å². The van der Waals surface area contributed by atoms with Gasteiger partial charge in [0.1, 0.15) is 22.9 Å². The third-order valence-corrected chi connectivity index (χ3v) is 7.15. The summed E-state index contributed by atoms with van der Waals surface area (Å²) in [7, 11) is -0.725. The lowest BCUT2D eigenvalue weighted by molar-refractivity contribution is -0.895. The molecule has 1 saturated heterocycles. The van der Waals surface area contributed by atoms with Gasteiger partial charge in [0.2, 0.25) is 15.8 Å². The highest BCUT2D eigenvalue weighted by Gasteiger charge is 2.33. The molecule has 0 aromatic heterocycles. The lowest BCUT2D eigenvalue weighted by Crippen LogP contribution is -3.15. The summed E-state index contributed by atoms with van der Waals surface area (Å²) >= 11 is 5.99. The summed E-state index contributed by atoms with van der Waals surface area (Å²) in [5.74, 6) is 0.985. The molecule has 29 heavy (non-hydrogen) atoms. The van der Waals surface area contributed by atoms with Crippen LogP contribution in [-0.2, 0) is 10.0 Å². The standard InChI is InChI=1S/C20H23ClN2O5S/c1-27-17-6-3-15(4-7-17)18(24)14-22-9-11-23(12-10-22)29(25,26)20-13-16(21)5-8-19(20)28-2/h3-8,13H,9-12,14H2,1-2H3/p+1. The third kappa shape index (κ3) is 4.90. The maximum atomic E-state index is 13.0. The molecular formula is C20H24ClN2O5S+. The number of nitrogens with zero attached hydrogens (tertiary/aromatic N) is 1. The van der Waals surface area contributed by atoms with Crippen molar-refractivity contribution in [1.29, 1.82) is 0 Å². The Labute approximate surface area is 175 Å². The van der Waals surface area contributed by atoms with Gasteiger partial charge in [-0.3, -0.25) is 4.79 Å². The quantitative estimate of drug-likeness (QED) is 0.654. The van der Waals surface area contributed by atoms with Gasteiger partial charge in [-0.15, -0.1) is 0 Å². The largest absolute Gasteiger partial charge is 0.497 e. The normalized spacial score (nSPS) is 15.8. The van der Waals surface area contributed by atoms with Gasteiger partial charge in [-0.2, -0.15) is 4.31 Å². The Bertz CT molecular complexity index is 971. The number of ketones is 1. The zero-order valence-electron chi connectivity index (χ0n) is 16.4. The molecule has 2 aromatic rings. The van der Waals surface area contributed by atoms with Crippen LogP contribution in [0.15, 0.2) is 47.4 Å². The first-order chi connectivity index (χ1) is 13.8. The monoisotopic (exact) mass is 439 g/mol. The summed E-state index contributed by atoms with van der Waals surface area (Å²) < 4.78 is 37.8. The van der Waals surface area contributed by atoms with Gasteiger partial charge in [-0.05, 0) is 42.5 Å². The number of carbonyl (C=O) groups excluding carboxylic acids is 1. The highest BCUT2D eigenvalue weighted by molar-refractivity contribution is 7.89. The minimum absolute atomic E-state index is 0.0236. The van der Waals surface area contributed by atoms with E-state index in [-0.39, 0.29) is 16.4 Å². The highest BCUT2D eigenvalue weighted by atomic mass is 35.5. The number of piperazine rings is 1. The van der Waals surface area contributed by atoms with Gasteiger partial charge in [0.05, 0.1) is 40.4 Å². The Hall–Kier alpha value is -2.13. The van der Waals surface area contributed by atoms with E-state index >= 15 is 0 Å². The van der Waals surface area contributed by atoms with Crippen molar-refractivity contribution >= 4 is 27.4 Å². The molecule has 3 rings (SSSR count). The number of hydrogen-bond donors (Lipinski definition) is 1. The average Bonchev–Trinajstić information content (AvgIpc) is 2.74. The second-order valence-corrected chi connectivity index (χ2v) is 9.12. The predicted octanol–water partition coefficient (Wildman–Crippen LogP) is 1.13. The Morgan fingerprint density at radius 3 is 2.31 bits per heavy atom. The maximum Gasteiger partial charge on any atom is 0.247 e. The Kier molecular flexibility index (Phi) is 6.79. The van der Waals surface area contributed by atoms with E-state index in [4.69, 9.17) is 21.1 Å². The molecule has 2 aromatic carbocycles. The van der Waals surface area contributed by atoms with Crippen LogP contribution in [-0.4, -0.2) is 65.4 Å². The fourth-order valence-corrected chi connectivity index (χ4v) is 5.18. The lowest BCUT2D eigenvalue weighted by Gasteiger charge is -2.31. The van der Waals surface area contributed by atoms with Crippen molar-refractivity contribution in [2.24, 2.45) is 0 Å². The summed E-state index contributed by atoms with van der Waals surface area (Å²) in [6.45, 7) is 2.06. The molecule has 0 amide bonds. The number of Topliss-reactive ketones (excluding diaryl/α,β-unsaturated/α-hetero) is 1. The van der Waals surface area contributed by atoms with Gasteiger partial charge < -0.3 is 14.4 Å². The Morgan fingerprint density at radius 2 is 1.72 bits per heavy atom. The van der Waals surface area contributed by atoms with Crippen LogP contribution in [0.3, 0.4) is 0 Å². The van der Waals surface area contributed by atoms with E-state index < -0.39 is 10.0 Å². The fraction of sp³-hybridized carbons (Fsp3) is 0.350. The van der Waals surface area contributed by atoms with Crippen molar-refractivity contribution in [3.8, 4) is 11.5 Å². The molecule has 0 radical (unpaired) electrons. The summed E-state index contributed by atoms with van der Waals surface area (Å²) in [5.41, 5.74) is 0.622. The number of sulfonamides is 1. The second kappa shape index (κ2) is 9.13. The fourth-order valence-electron chi connectivity index (χ4n) is 3.32. The number of benzene rings is 2. The Balaban J connectivity index is 1.64. The molecule has 0 saturated carbocycles. The molecule has 1 aliphatic heterocycles. The molecule has 0 atom stereocenters. The van der Waals surface area contributed by atoms with Gasteiger partial charge in [-0.25, -0.2) is 8.42 Å². The maximum absolute atomic E-state index is 13.0. The van der Waals surface area contributed by atoms with E-state index in [2.05, 4.69) is 0 Å². The number of quaternary nitrogens is 1. The van der Waals surface area contributed by atoms with Crippen molar-refractivity contribution < 1.29 is 27.6 Å². The number of halogens is 1. The van der Waals surface area contributed by atoms with Crippen molar-refractivity contribution in [2.75, 3.05) is 46.9 Å². The summed E-state index contributed by atoms with van der Waals surface area (Å²) in [4.78, 5) is 13.6. The molecule has 0 unspecified atom stereocenters. The minimum atomic E-state index is -3.73. The molecule has 1 aliphatic rings. The van der Waals surface area contributed by atoms with E-state index in [1.165, 1.54) is 17.5 Å². The van der Waals surface area contributed by atoms with E-state index in [1.54, 1.807) is 43.5 Å². The topological polar surface area (TPSA) is 77.4 Å². The summed E-state index contributed by atoms with van der Waals surface area (Å²) in [6.07, 6.45) is 0. The number of ether oxygens (including phenoxy) is 2. The average molecular weight is 440 g/mol. The molecule has 1 fully saturated rings. The molecule has 7 nitrogen and oxygen atoms in total. The van der Waals surface area contributed by atoms with Crippen LogP contribution in [0.4, 0.5) is 0 Å². The number of carbonyl (C=O) groups is 1. The zero-order valence-corrected chi connectivity index (χ0v) is 17.9. The minimum Gasteiger partial charge on any atom is -0.497 e. The van der Waals surface area contributed by atoms with Gasteiger partial charge in [-0.1, -0.05) is 11.6 Å². The van der Waals surface area contributed by atoms with Gasteiger partial charge in [0.15, 0.2) is 0 Å². The number of rotatable bonds is 7. The number of hydrogen-bond acceptors (Lipinski definition) is 5. The summed E-state index contributed by atoms with van der Waals surface area (Å²) in [6, 6.07) is 11.5. The van der Waals surface area contributed by atoms with Gasteiger partial charge >= 0.3 is 0 Å². The second-order valence-electron chi connectivity index (χ2n) is 6.78. The van der Waals surface area contributed by atoms with Crippen LogP contribution >= 0.6 is 11.6 Å². The highest BCUT2D eigenvalue weighted by Crippen LogP contribution is 2.29. The smallest absolute Gasteiger partial charge is 0.247 e. The van der Waals surface area contributed by atoms with Crippen molar-refractivity contribution in [2.45, 2.75) is 4.90 Å². The van der Waals surface area contributed by atoms with Crippen molar-refractivity contribution in [3.05, 3.63) is 53.1 Å². The first-order valence-corrected chi connectivity index (χ1v) is 11.0. The first kappa shape index (κ1) is 21.6. The van der Waals surface area contributed by atoms with E-state index in [9.17, 15) is 13.2 Å². The van der Waals surface area contributed by atoms with Crippen LogP contribution in [0.5, 0.6) is 11.5 Å². The van der Waals surface area contributed by atoms with E-state index in [0.29, 0.717) is 49.1 Å². The zero-order chi connectivity index (χ0) is 21.0. The van der Waals surface area contributed by atoms with E-state index in [0.717, 1.165) is 4.90 Å². The molecule has 0 aliphatic carbocycles. The van der Waals surface area contributed by atoms with Crippen LogP contribution in [0.2, 0.25) is 5.02 Å². The SMILES string of the molecule is COc1ccc(C(=O)C[NH+]2CCN(S(=O)(=O)c3cc(Cl)ccc3OC)CC2)cc1. The number of nitrogens with one attached hydrogen (secondary N) is 1. The third-order valence-electron chi connectivity index (χ3n) is 5.00. The Morgan fingerprint density at radius 1 is 1.07 bits per heavy atom. The van der Waals surface area contributed by atoms with Crippen LogP contribution in [0.1, 0.15) is 10.4 Å². The molecule has 1 heterocycles. The van der Waals surface area contributed by atoms with Crippen LogP contribution in [0, 0.1) is 0 Å². The summed E-state index contributed by atoms with van der Waals surface area (Å²) in [5, 5.41) is 0.332. The lowest BCUT2D eigenvalue weighted by atomic mass is 10.1. The van der Waals surface area contributed by atoms with Crippen molar-refractivity contribution in [3.63, 3.8) is 0 Å². The number of methoxy groups -OCH3 is 2. The molecular weight excluding hydrogens is 416 g/mol. The first-order valence-electron chi connectivity index (χ1n) is 9.19. The van der Waals surface area contributed by atoms with Crippen LogP contribution < -0.4 is 14.4 Å². The van der Waals surface area contributed by atoms with Gasteiger partial charge in [0.25, 0.3) is 0 Å². The van der Waals surface area contributed by atoms with Gasteiger partial charge in [0, 0.05) is 10.6 Å². The molecule has 1 N–H and O–H groups in total. The molecule has 156 valence electrons. The molecule has 0 spiro atoms. The van der Waals surface area contributed by atoms with Crippen molar-refractivity contribution in [1.82, 2.24) is 4.31 Å². The molecule has 9 heteroatoms. The molecule has 0 bridgehead atoms. The van der Waals surface area contributed by atoms with Crippen LogP contribution in [0.25, 0.3) is 0 Å².